The Labute approximate surface area is 156 Å². The van der Waals surface area contributed by atoms with E-state index in [1.54, 1.807) is 17.0 Å². The average Bonchev–Trinajstić information content (AvgIpc) is 3.48. The van der Waals surface area contributed by atoms with Gasteiger partial charge in [-0.05, 0) is 42.7 Å². The number of amides is 2. The van der Waals surface area contributed by atoms with E-state index in [4.69, 9.17) is 0 Å². The number of hydrogen-bond donors (Lipinski definition) is 0. The minimum absolute atomic E-state index is 0.0421. The summed E-state index contributed by atoms with van der Waals surface area (Å²) in [5.74, 6) is -0.0383. The Morgan fingerprint density at radius 3 is 2.62 bits per heavy atom. The van der Waals surface area contributed by atoms with Gasteiger partial charge in [0, 0.05) is 17.5 Å². The van der Waals surface area contributed by atoms with Crippen molar-refractivity contribution < 1.29 is 14.0 Å². The molecule has 4 rings (SSSR count). The lowest BCUT2D eigenvalue weighted by Gasteiger charge is -2.31. The summed E-state index contributed by atoms with van der Waals surface area (Å²) in [7, 11) is 0. The second-order valence-electron chi connectivity index (χ2n) is 6.62. The number of carbonyl (C=O) groups is 2. The number of fused-ring (bicyclic) bond motifs is 1. The van der Waals surface area contributed by atoms with E-state index < -0.39 is 0 Å². The van der Waals surface area contributed by atoms with Crippen LogP contribution in [0.25, 0.3) is 0 Å². The number of hydrogen-bond acceptors (Lipinski definition) is 3. The third-order valence-electron chi connectivity index (χ3n) is 4.68. The standard InChI is InChI=1S/C20H19FN2O2S/c21-15-7-5-14(6-8-15)11-22(16-9-10-16)19(24)12-23-17-3-1-2-4-18(17)26-13-20(23)25/h1-8,16H,9-13H2. The average molecular weight is 370 g/mol. The number of anilines is 1. The molecule has 1 saturated carbocycles. The zero-order chi connectivity index (χ0) is 18.1. The van der Waals surface area contributed by atoms with Gasteiger partial charge in [-0.15, -0.1) is 11.8 Å². The molecule has 0 aromatic heterocycles. The summed E-state index contributed by atoms with van der Waals surface area (Å²) >= 11 is 1.51. The van der Waals surface area contributed by atoms with Crippen LogP contribution in [0.15, 0.2) is 53.4 Å². The first kappa shape index (κ1) is 17.1. The molecule has 0 N–H and O–H groups in total. The first-order valence-corrected chi connectivity index (χ1v) is 9.66. The van der Waals surface area contributed by atoms with Crippen LogP contribution >= 0.6 is 11.8 Å². The third kappa shape index (κ3) is 3.60. The number of para-hydroxylation sites is 1. The predicted octanol–water partition coefficient (Wildman–Crippen LogP) is 3.46. The molecule has 0 radical (unpaired) electrons. The highest BCUT2D eigenvalue weighted by molar-refractivity contribution is 8.00. The van der Waals surface area contributed by atoms with Gasteiger partial charge in [0.15, 0.2) is 0 Å². The summed E-state index contributed by atoms with van der Waals surface area (Å²) in [6.45, 7) is 0.496. The predicted molar refractivity (Wildman–Crippen MR) is 99.5 cm³/mol. The normalized spacial score (nSPS) is 16.3. The lowest BCUT2D eigenvalue weighted by atomic mass is 10.2. The number of rotatable bonds is 5. The monoisotopic (exact) mass is 370 g/mol. The molecule has 0 unspecified atom stereocenters. The maximum absolute atomic E-state index is 13.1. The largest absolute Gasteiger partial charge is 0.334 e. The van der Waals surface area contributed by atoms with E-state index in [0.29, 0.717) is 12.3 Å². The molecular formula is C20H19FN2O2S. The van der Waals surface area contributed by atoms with Crippen LogP contribution in [0.2, 0.25) is 0 Å². The van der Waals surface area contributed by atoms with Crippen LogP contribution in [-0.2, 0) is 16.1 Å². The highest BCUT2D eigenvalue weighted by Crippen LogP contribution is 2.35. The van der Waals surface area contributed by atoms with E-state index in [-0.39, 0.29) is 30.2 Å². The Morgan fingerprint density at radius 2 is 1.88 bits per heavy atom. The van der Waals surface area contributed by atoms with Gasteiger partial charge in [0.05, 0.1) is 11.4 Å². The summed E-state index contributed by atoms with van der Waals surface area (Å²) in [5.41, 5.74) is 1.70. The molecule has 1 fully saturated rings. The van der Waals surface area contributed by atoms with Crippen molar-refractivity contribution in [3.63, 3.8) is 0 Å². The number of halogens is 1. The van der Waals surface area contributed by atoms with E-state index >= 15 is 0 Å². The molecule has 6 heteroatoms. The molecule has 134 valence electrons. The summed E-state index contributed by atoms with van der Waals surface area (Å²) in [6.07, 6.45) is 1.96. The van der Waals surface area contributed by atoms with Gasteiger partial charge in [0.2, 0.25) is 11.8 Å². The summed E-state index contributed by atoms with van der Waals surface area (Å²) in [4.78, 5) is 29.8. The molecule has 1 heterocycles. The van der Waals surface area contributed by atoms with Gasteiger partial charge in [-0.2, -0.15) is 0 Å². The maximum Gasteiger partial charge on any atom is 0.243 e. The second-order valence-corrected chi connectivity index (χ2v) is 7.63. The first-order chi connectivity index (χ1) is 12.6. The van der Waals surface area contributed by atoms with Crippen LogP contribution < -0.4 is 4.90 Å². The lowest BCUT2D eigenvalue weighted by Crippen LogP contribution is -2.45. The van der Waals surface area contributed by atoms with E-state index in [1.807, 2.05) is 29.2 Å². The highest BCUT2D eigenvalue weighted by atomic mass is 32.2. The van der Waals surface area contributed by atoms with E-state index in [1.165, 1.54) is 23.9 Å². The molecule has 26 heavy (non-hydrogen) atoms. The van der Waals surface area contributed by atoms with Gasteiger partial charge in [0.25, 0.3) is 0 Å². The maximum atomic E-state index is 13.1. The Bertz CT molecular complexity index is 836. The van der Waals surface area contributed by atoms with Crippen LogP contribution in [0.1, 0.15) is 18.4 Å². The van der Waals surface area contributed by atoms with Crippen molar-refractivity contribution in [1.82, 2.24) is 4.90 Å². The fourth-order valence-electron chi connectivity index (χ4n) is 3.15. The Hall–Kier alpha value is -2.34. The molecule has 2 aromatic carbocycles. The molecule has 1 aliphatic heterocycles. The molecular weight excluding hydrogens is 351 g/mol. The molecule has 0 bridgehead atoms. The van der Waals surface area contributed by atoms with Gasteiger partial charge in [-0.25, -0.2) is 4.39 Å². The van der Waals surface area contributed by atoms with Crippen molar-refractivity contribution in [2.45, 2.75) is 30.3 Å². The third-order valence-corrected chi connectivity index (χ3v) is 5.72. The molecule has 2 aliphatic rings. The first-order valence-electron chi connectivity index (χ1n) is 8.68. The smallest absolute Gasteiger partial charge is 0.243 e. The number of carbonyl (C=O) groups excluding carboxylic acids is 2. The quantitative estimate of drug-likeness (QED) is 0.809. The zero-order valence-electron chi connectivity index (χ0n) is 14.2. The van der Waals surface area contributed by atoms with Crippen LogP contribution in [0.4, 0.5) is 10.1 Å². The van der Waals surface area contributed by atoms with Crippen molar-refractivity contribution in [3.8, 4) is 0 Å². The molecule has 4 nitrogen and oxygen atoms in total. The minimum Gasteiger partial charge on any atom is -0.334 e. The Kier molecular flexibility index (Phi) is 4.68. The molecule has 0 spiro atoms. The molecule has 2 aromatic rings. The van der Waals surface area contributed by atoms with E-state index in [9.17, 15) is 14.0 Å². The highest BCUT2D eigenvalue weighted by Gasteiger charge is 2.35. The molecule has 1 aliphatic carbocycles. The zero-order valence-corrected chi connectivity index (χ0v) is 15.0. The topological polar surface area (TPSA) is 40.6 Å². The number of nitrogens with zero attached hydrogens (tertiary/aromatic N) is 2. The lowest BCUT2D eigenvalue weighted by molar-refractivity contribution is -0.132. The van der Waals surface area contributed by atoms with Crippen LogP contribution in [0.3, 0.4) is 0 Å². The summed E-state index contributed by atoms with van der Waals surface area (Å²) in [6, 6.07) is 14.1. The molecule has 0 atom stereocenters. The van der Waals surface area contributed by atoms with E-state index in [0.717, 1.165) is 29.0 Å². The summed E-state index contributed by atoms with van der Waals surface area (Å²) < 4.78 is 13.1. The van der Waals surface area contributed by atoms with Gasteiger partial charge < -0.3 is 9.80 Å². The van der Waals surface area contributed by atoms with Crippen molar-refractivity contribution >= 4 is 29.3 Å². The van der Waals surface area contributed by atoms with Crippen LogP contribution in [0, 0.1) is 5.82 Å². The second kappa shape index (κ2) is 7.11. The Balaban J connectivity index is 1.52. The SMILES string of the molecule is O=C1CSc2ccccc2N1CC(=O)N(Cc1ccc(F)cc1)C1CC1. The van der Waals surface area contributed by atoms with Crippen molar-refractivity contribution in [2.24, 2.45) is 0 Å². The van der Waals surface area contributed by atoms with Gasteiger partial charge in [-0.3, -0.25) is 9.59 Å². The fraction of sp³-hybridized carbons (Fsp3) is 0.300. The molecule has 0 saturated heterocycles. The van der Waals surface area contributed by atoms with Crippen LogP contribution in [-0.4, -0.2) is 35.1 Å². The van der Waals surface area contributed by atoms with Gasteiger partial charge in [0.1, 0.15) is 12.4 Å². The number of benzene rings is 2. The van der Waals surface area contributed by atoms with Crippen molar-refractivity contribution in [3.05, 3.63) is 59.9 Å². The fourth-order valence-corrected chi connectivity index (χ4v) is 4.08. The van der Waals surface area contributed by atoms with Crippen molar-refractivity contribution in [2.75, 3.05) is 17.2 Å². The summed E-state index contributed by atoms with van der Waals surface area (Å²) in [5, 5.41) is 0. The van der Waals surface area contributed by atoms with Gasteiger partial charge in [-0.1, -0.05) is 24.3 Å². The molecule has 2 amide bonds. The Morgan fingerprint density at radius 1 is 1.15 bits per heavy atom. The van der Waals surface area contributed by atoms with Crippen molar-refractivity contribution in [1.29, 1.82) is 0 Å². The van der Waals surface area contributed by atoms with Crippen LogP contribution in [0.5, 0.6) is 0 Å². The van der Waals surface area contributed by atoms with E-state index in [2.05, 4.69) is 0 Å². The van der Waals surface area contributed by atoms with Gasteiger partial charge >= 0.3 is 0 Å². The number of thioether (sulfide) groups is 1. The minimum atomic E-state index is -0.286.